The molecule has 1 aliphatic heterocycles. The predicted octanol–water partition coefficient (Wildman–Crippen LogP) is 2.55. The van der Waals surface area contributed by atoms with E-state index in [1.165, 1.54) is 6.07 Å². The molecule has 4 nitrogen and oxygen atoms in total. The van der Waals surface area contributed by atoms with Crippen molar-refractivity contribution in [3.63, 3.8) is 0 Å². The zero-order valence-corrected chi connectivity index (χ0v) is 13.8. The Morgan fingerprint density at radius 2 is 1.96 bits per heavy atom. The monoisotopic (exact) mass is 346 g/mol. The molecule has 1 unspecified atom stereocenters. The van der Waals surface area contributed by atoms with Crippen molar-refractivity contribution in [3.8, 4) is 0 Å². The van der Waals surface area contributed by atoms with Gasteiger partial charge in [-0.15, -0.1) is 12.4 Å². The first-order valence-corrected chi connectivity index (χ1v) is 7.31. The number of benzene rings is 1. The Bertz CT molecular complexity index is 597. The molecule has 0 spiro atoms. The Morgan fingerprint density at radius 3 is 2.52 bits per heavy atom. The Labute approximate surface area is 140 Å². The number of carbonyl (C=O) groups excluding carboxylic acids is 2. The van der Waals surface area contributed by atoms with Gasteiger partial charge in [0.05, 0.1) is 0 Å². The highest BCUT2D eigenvalue weighted by Gasteiger charge is 2.34. The number of nitrogens with zero attached hydrogens (tertiary/aromatic N) is 1. The third-order valence-corrected chi connectivity index (χ3v) is 4.21. The predicted molar refractivity (Wildman–Crippen MR) is 85.5 cm³/mol. The van der Waals surface area contributed by atoms with Gasteiger partial charge in [-0.1, -0.05) is 6.92 Å². The number of Topliss-reactive ketones (excluding diaryl/α,β-unsaturated/α-hetero) is 1. The van der Waals surface area contributed by atoms with Crippen molar-refractivity contribution >= 4 is 24.1 Å². The fourth-order valence-corrected chi connectivity index (χ4v) is 2.60. The van der Waals surface area contributed by atoms with Crippen LogP contribution in [0.25, 0.3) is 0 Å². The number of ketones is 1. The number of amides is 1. The molecule has 0 saturated carbocycles. The van der Waals surface area contributed by atoms with Crippen LogP contribution in [0.2, 0.25) is 0 Å². The number of hydrogen-bond donors (Lipinski definition) is 1. The summed E-state index contributed by atoms with van der Waals surface area (Å²) in [6.07, 6.45) is 0.907. The van der Waals surface area contributed by atoms with E-state index in [0.717, 1.165) is 18.6 Å². The summed E-state index contributed by atoms with van der Waals surface area (Å²) in [4.78, 5) is 25.7. The highest BCUT2D eigenvalue weighted by Crippen LogP contribution is 2.29. The molecule has 1 aromatic carbocycles. The van der Waals surface area contributed by atoms with Crippen LogP contribution >= 0.6 is 12.4 Å². The van der Waals surface area contributed by atoms with Crippen LogP contribution in [0, 0.1) is 17.0 Å². The van der Waals surface area contributed by atoms with Crippen molar-refractivity contribution in [3.05, 3.63) is 35.4 Å². The van der Waals surface area contributed by atoms with Gasteiger partial charge in [-0.05, 0) is 36.6 Å². The molecule has 1 atom stereocenters. The first kappa shape index (κ1) is 19.5. The minimum absolute atomic E-state index is 0. The van der Waals surface area contributed by atoms with Crippen LogP contribution in [0.5, 0.6) is 0 Å². The lowest BCUT2D eigenvalue weighted by molar-refractivity contribution is -0.130. The second-order valence-corrected chi connectivity index (χ2v) is 6.13. The lowest BCUT2D eigenvalue weighted by Crippen LogP contribution is -2.34. The molecule has 1 heterocycles. The number of carbonyl (C=O) groups is 2. The maximum atomic E-state index is 13.1. The summed E-state index contributed by atoms with van der Waals surface area (Å²) in [6, 6.07) is 3.01. The number of nitrogens with two attached hydrogens (primary N) is 1. The maximum Gasteiger partial charge on any atom is 0.223 e. The molecule has 1 fully saturated rings. The van der Waals surface area contributed by atoms with Crippen LogP contribution in [0.4, 0.5) is 8.78 Å². The van der Waals surface area contributed by atoms with Gasteiger partial charge in [0.15, 0.2) is 17.4 Å². The largest absolute Gasteiger partial charge is 0.342 e. The number of halogens is 3. The fourth-order valence-electron chi connectivity index (χ4n) is 2.60. The van der Waals surface area contributed by atoms with Gasteiger partial charge < -0.3 is 10.6 Å². The van der Waals surface area contributed by atoms with Crippen molar-refractivity contribution in [1.29, 1.82) is 0 Å². The second-order valence-electron chi connectivity index (χ2n) is 6.13. The first-order chi connectivity index (χ1) is 10.3. The molecule has 0 bridgehead atoms. The zero-order chi connectivity index (χ0) is 16.3. The molecule has 23 heavy (non-hydrogen) atoms. The van der Waals surface area contributed by atoms with Crippen LogP contribution in [0.3, 0.4) is 0 Å². The summed E-state index contributed by atoms with van der Waals surface area (Å²) >= 11 is 0. The zero-order valence-electron chi connectivity index (χ0n) is 13.0. The van der Waals surface area contributed by atoms with E-state index in [1.807, 2.05) is 6.92 Å². The quantitative estimate of drug-likeness (QED) is 0.833. The molecule has 2 rings (SSSR count). The van der Waals surface area contributed by atoms with Gasteiger partial charge in [0.2, 0.25) is 5.91 Å². The molecule has 2 N–H and O–H groups in total. The van der Waals surface area contributed by atoms with Crippen LogP contribution in [-0.2, 0) is 4.79 Å². The van der Waals surface area contributed by atoms with Gasteiger partial charge in [0.1, 0.15) is 0 Å². The third-order valence-electron chi connectivity index (χ3n) is 4.21. The van der Waals surface area contributed by atoms with E-state index in [4.69, 9.17) is 5.73 Å². The smallest absolute Gasteiger partial charge is 0.223 e. The van der Waals surface area contributed by atoms with E-state index in [1.54, 1.807) is 4.90 Å². The average molecular weight is 347 g/mol. The molecule has 1 amide bonds. The standard InChI is InChI=1S/C16H20F2N2O2.ClH/c1-16(9-19)6-7-20(10-16)15(22)5-4-14(21)11-2-3-12(17)13(18)8-11;/h2-3,8H,4-7,9-10,19H2,1H3;1H. The van der Waals surface area contributed by atoms with Gasteiger partial charge in [0, 0.05) is 31.5 Å². The highest BCUT2D eigenvalue weighted by atomic mass is 35.5. The summed E-state index contributed by atoms with van der Waals surface area (Å²) in [5.74, 6) is -2.53. The molecule has 1 aromatic rings. The molecule has 1 saturated heterocycles. The summed E-state index contributed by atoms with van der Waals surface area (Å²) in [5.41, 5.74) is 5.72. The second kappa shape index (κ2) is 7.84. The van der Waals surface area contributed by atoms with Crippen molar-refractivity contribution in [1.82, 2.24) is 4.90 Å². The third kappa shape index (κ3) is 4.72. The van der Waals surface area contributed by atoms with Gasteiger partial charge in [-0.25, -0.2) is 8.78 Å². The molecular formula is C16H21ClF2N2O2. The Balaban J connectivity index is 0.00000264. The summed E-state index contributed by atoms with van der Waals surface area (Å²) in [5, 5.41) is 0. The maximum absolute atomic E-state index is 13.1. The van der Waals surface area contributed by atoms with E-state index in [0.29, 0.717) is 19.6 Å². The minimum atomic E-state index is -1.06. The summed E-state index contributed by atoms with van der Waals surface area (Å²) in [7, 11) is 0. The SMILES string of the molecule is CC1(CN)CCN(C(=O)CCC(=O)c2ccc(F)c(F)c2)C1.Cl. The van der Waals surface area contributed by atoms with E-state index in [2.05, 4.69) is 0 Å². The average Bonchev–Trinajstić information content (AvgIpc) is 2.90. The van der Waals surface area contributed by atoms with Crippen molar-refractivity contribution < 1.29 is 18.4 Å². The normalized spacial score (nSPS) is 20.3. The van der Waals surface area contributed by atoms with Crippen LogP contribution in [0.1, 0.15) is 36.5 Å². The Hall–Kier alpha value is -1.53. The molecule has 0 aliphatic carbocycles. The summed E-state index contributed by atoms with van der Waals surface area (Å²) < 4.78 is 25.9. The number of hydrogen-bond acceptors (Lipinski definition) is 3. The van der Waals surface area contributed by atoms with E-state index < -0.39 is 11.6 Å². The number of likely N-dealkylation sites (tertiary alicyclic amines) is 1. The lowest BCUT2D eigenvalue weighted by Gasteiger charge is -2.22. The molecule has 128 valence electrons. The molecular weight excluding hydrogens is 326 g/mol. The lowest BCUT2D eigenvalue weighted by atomic mass is 9.90. The minimum Gasteiger partial charge on any atom is -0.342 e. The molecule has 0 aromatic heterocycles. The van der Waals surface area contributed by atoms with Crippen LogP contribution in [0.15, 0.2) is 18.2 Å². The van der Waals surface area contributed by atoms with Crippen molar-refractivity contribution in [2.75, 3.05) is 19.6 Å². The topological polar surface area (TPSA) is 63.4 Å². The van der Waals surface area contributed by atoms with Crippen molar-refractivity contribution in [2.45, 2.75) is 26.2 Å². The summed E-state index contributed by atoms with van der Waals surface area (Å²) in [6.45, 7) is 3.80. The van der Waals surface area contributed by atoms with Gasteiger partial charge >= 0.3 is 0 Å². The fraction of sp³-hybridized carbons (Fsp3) is 0.500. The first-order valence-electron chi connectivity index (χ1n) is 7.31. The van der Waals surface area contributed by atoms with Gasteiger partial charge in [0.25, 0.3) is 0 Å². The van der Waals surface area contributed by atoms with Gasteiger partial charge in [-0.3, -0.25) is 9.59 Å². The van der Waals surface area contributed by atoms with Crippen molar-refractivity contribution in [2.24, 2.45) is 11.1 Å². The van der Waals surface area contributed by atoms with Gasteiger partial charge in [-0.2, -0.15) is 0 Å². The molecule has 0 radical (unpaired) electrons. The Morgan fingerprint density at radius 1 is 1.26 bits per heavy atom. The van der Waals surface area contributed by atoms with Crippen LogP contribution in [-0.4, -0.2) is 36.2 Å². The Kier molecular flexibility index (Phi) is 6.65. The number of rotatable bonds is 5. The van der Waals surface area contributed by atoms with E-state index in [9.17, 15) is 18.4 Å². The van der Waals surface area contributed by atoms with E-state index >= 15 is 0 Å². The molecule has 1 aliphatic rings. The molecule has 7 heteroatoms. The highest BCUT2D eigenvalue weighted by molar-refractivity contribution is 5.98. The van der Waals surface area contributed by atoms with Crippen LogP contribution < -0.4 is 5.73 Å². The van der Waals surface area contributed by atoms with E-state index in [-0.39, 0.29) is 47.9 Å².